The molecule has 0 saturated carbocycles. The molecule has 5 nitrogen and oxygen atoms in total. The maximum absolute atomic E-state index is 12.7. The Balaban J connectivity index is 1.68. The lowest BCUT2D eigenvalue weighted by atomic mass is 10.1. The van der Waals surface area contributed by atoms with E-state index in [-0.39, 0.29) is 11.9 Å². The second-order valence-electron chi connectivity index (χ2n) is 6.33. The highest BCUT2D eigenvalue weighted by Crippen LogP contribution is 2.22. The van der Waals surface area contributed by atoms with Crippen molar-refractivity contribution in [2.45, 2.75) is 25.0 Å². The van der Waals surface area contributed by atoms with Crippen molar-refractivity contribution in [2.24, 2.45) is 0 Å². The van der Waals surface area contributed by atoms with Gasteiger partial charge >= 0.3 is 0 Å². The van der Waals surface area contributed by atoms with E-state index in [4.69, 9.17) is 0 Å². The molecule has 2 heterocycles. The second kappa shape index (κ2) is 9.91. The van der Waals surface area contributed by atoms with Crippen LogP contribution in [0.4, 0.5) is 0 Å². The Bertz CT molecular complexity index is 870. The van der Waals surface area contributed by atoms with E-state index < -0.39 is 0 Å². The second-order valence-corrected chi connectivity index (χ2v) is 7.89. The minimum atomic E-state index is -0.0466. The maximum Gasteiger partial charge on any atom is 0.251 e. The highest BCUT2D eigenvalue weighted by molar-refractivity contribution is 7.98. The van der Waals surface area contributed by atoms with Crippen LogP contribution in [0.25, 0.3) is 5.69 Å². The summed E-state index contributed by atoms with van der Waals surface area (Å²) in [6, 6.07) is 9.98. The zero-order valence-electron chi connectivity index (χ0n) is 16.5. The number of benzene rings is 1. The number of thioether (sulfide) groups is 1. The van der Waals surface area contributed by atoms with Crippen molar-refractivity contribution in [3.05, 3.63) is 64.6 Å². The molecule has 2 aromatic heterocycles. The zero-order valence-corrected chi connectivity index (χ0v) is 18.1. The molecule has 3 rings (SSSR count). The van der Waals surface area contributed by atoms with Gasteiger partial charge in [-0.2, -0.15) is 11.3 Å². The fourth-order valence-electron chi connectivity index (χ4n) is 3.29. The standard InChI is InChI=1S/C21H26N4OS2/c1-4-24(5-2)19(17-10-13-28-15-17)14-23-20(26)16-6-8-18(9-7-16)25-12-11-22-21(25)27-3/h6-13,15,19H,4-5,14H2,1-3H3,(H,23,26). The van der Waals surface area contributed by atoms with Crippen molar-refractivity contribution in [3.63, 3.8) is 0 Å². The van der Waals surface area contributed by atoms with Gasteiger partial charge in [0.05, 0.1) is 6.04 Å². The molecule has 1 N–H and O–H groups in total. The first-order chi connectivity index (χ1) is 13.7. The normalized spacial score (nSPS) is 12.3. The molecule has 148 valence electrons. The maximum atomic E-state index is 12.7. The van der Waals surface area contributed by atoms with E-state index in [1.54, 1.807) is 29.3 Å². The smallest absolute Gasteiger partial charge is 0.251 e. The summed E-state index contributed by atoms with van der Waals surface area (Å²) in [6.45, 7) is 6.80. The molecule has 0 saturated heterocycles. The number of imidazole rings is 1. The van der Waals surface area contributed by atoms with E-state index >= 15 is 0 Å². The number of aromatic nitrogens is 2. The van der Waals surface area contributed by atoms with E-state index in [0.29, 0.717) is 12.1 Å². The number of carbonyl (C=O) groups is 1. The van der Waals surface area contributed by atoms with Gasteiger partial charge in [-0.25, -0.2) is 4.98 Å². The predicted molar refractivity (Wildman–Crippen MR) is 118 cm³/mol. The van der Waals surface area contributed by atoms with E-state index in [1.807, 2.05) is 41.3 Å². The molecular formula is C21H26N4OS2. The average molecular weight is 415 g/mol. The number of carbonyl (C=O) groups excluding carboxylic acids is 1. The van der Waals surface area contributed by atoms with Crippen LogP contribution < -0.4 is 5.32 Å². The molecule has 0 radical (unpaired) electrons. The Morgan fingerprint density at radius 2 is 2.00 bits per heavy atom. The first-order valence-corrected chi connectivity index (χ1v) is 11.6. The van der Waals surface area contributed by atoms with Gasteiger partial charge in [-0.05, 0) is 66.0 Å². The Labute approximate surface area is 174 Å². The van der Waals surface area contributed by atoms with E-state index in [1.165, 1.54) is 5.56 Å². The number of thiophene rings is 1. The van der Waals surface area contributed by atoms with Crippen LogP contribution in [-0.4, -0.2) is 46.2 Å². The number of likely N-dealkylation sites (N-methyl/N-ethyl adjacent to an activating group) is 1. The Morgan fingerprint density at radius 1 is 1.25 bits per heavy atom. The first kappa shape index (κ1) is 20.6. The molecule has 1 amide bonds. The Morgan fingerprint density at radius 3 is 2.61 bits per heavy atom. The van der Waals surface area contributed by atoms with Gasteiger partial charge in [0.2, 0.25) is 0 Å². The summed E-state index contributed by atoms with van der Waals surface area (Å²) >= 11 is 3.28. The van der Waals surface area contributed by atoms with Crippen molar-refractivity contribution in [3.8, 4) is 5.69 Å². The number of hydrogen-bond donors (Lipinski definition) is 1. The summed E-state index contributed by atoms with van der Waals surface area (Å²) in [5.74, 6) is -0.0466. The Hall–Kier alpha value is -2.09. The van der Waals surface area contributed by atoms with Crippen molar-refractivity contribution < 1.29 is 4.79 Å². The van der Waals surface area contributed by atoms with Crippen LogP contribution in [-0.2, 0) is 0 Å². The summed E-state index contributed by atoms with van der Waals surface area (Å²) in [5.41, 5.74) is 2.92. The third-order valence-corrected chi connectivity index (χ3v) is 6.20. The van der Waals surface area contributed by atoms with Crippen molar-refractivity contribution in [2.75, 3.05) is 25.9 Å². The summed E-state index contributed by atoms with van der Waals surface area (Å²) < 4.78 is 2.01. The number of rotatable bonds is 9. The van der Waals surface area contributed by atoms with Crippen LogP contribution >= 0.6 is 23.1 Å². The van der Waals surface area contributed by atoms with Crippen molar-refractivity contribution >= 4 is 29.0 Å². The predicted octanol–water partition coefficient (Wildman–Crippen LogP) is 4.47. The third kappa shape index (κ3) is 4.66. The van der Waals surface area contributed by atoms with Crippen LogP contribution in [0.15, 0.2) is 58.6 Å². The molecule has 1 atom stereocenters. The highest BCUT2D eigenvalue weighted by atomic mass is 32.2. The topological polar surface area (TPSA) is 50.2 Å². The van der Waals surface area contributed by atoms with E-state index in [9.17, 15) is 4.79 Å². The van der Waals surface area contributed by atoms with Crippen LogP contribution in [0.3, 0.4) is 0 Å². The number of amides is 1. The molecule has 7 heteroatoms. The SMILES string of the molecule is CCN(CC)C(CNC(=O)c1ccc(-n2ccnc2SC)cc1)c1ccsc1. The minimum absolute atomic E-state index is 0.0466. The summed E-state index contributed by atoms with van der Waals surface area (Å²) in [4.78, 5) is 19.4. The summed E-state index contributed by atoms with van der Waals surface area (Å²) in [7, 11) is 0. The number of nitrogens with one attached hydrogen (secondary N) is 1. The molecule has 0 aliphatic heterocycles. The van der Waals surface area contributed by atoms with Crippen LogP contribution in [0.2, 0.25) is 0 Å². The molecule has 0 spiro atoms. The minimum Gasteiger partial charge on any atom is -0.350 e. The molecule has 1 unspecified atom stereocenters. The van der Waals surface area contributed by atoms with Gasteiger partial charge in [-0.15, -0.1) is 0 Å². The largest absolute Gasteiger partial charge is 0.350 e. The fourth-order valence-corrected chi connectivity index (χ4v) is 4.53. The number of hydrogen-bond acceptors (Lipinski definition) is 5. The zero-order chi connectivity index (χ0) is 19.9. The third-order valence-electron chi connectivity index (χ3n) is 4.83. The fraction of sp³-hybridized carbons (Fsp3) is 0.333. The first-order valence-electron chi connectivity index (χ1n) is 9.40. The van der Waals surface area contributed by atoms with Crippen LogP contribution in [0, 0.1) is 0 Å². The highest BCUT2D eigenvalue weighted by Gasteiger charge is 2.19. The Kier molecular flexibility index (Phi) is 7.30. The lowest BCUT2D eigenvalue weighted by Gasteiger charge is -2.29. The number of nitrogens with zero attached hydrogens (tertiary/aromatic N) is 3. The monoisotopic (exact) mass is 414 g/mol. The van der Waals surface area contributed by atoms with Gasteiger partial charge in [-0.1, -0.05) is 25.6 Å². The summed E-state index contributed by atoms with van der Waals surface area (Å²) in [6.07, 6.45) is 5.71. The van der Waals surface area contributed by atoms with Gasteiger partial charge in [0, 0.05) is 30.2 Å². The van der Waals surface area contributed by atoms with Gasteiger partial charge in [0.15, 0.2) is 5.16 Å². The van der Waals surface area contributed by atoms with Gasteiger partial charge in [0.1, 0.15) is 0 Å². The van der Waals surface area contributed by atoms with Crippen LogP contribution in [0.1, 0.15) is 35.8 Å². The lowest BCUT2D eigenvalue weighted by Crippen LogP contribution is -2.37. The molecule has 0 aliphatic carbocycles. The van der Waals surface area contributed by atoms with Crippen molar-refractivity contribution in [1.82, 2.24) is 19.8 Å². The molecule has 28 heavy (non-hydrogen) atoms. The molecule has 3 aromatic rings. The average Bonchev–Trinajstić information content (AvgIpc) is 3.43. The van der Waals surface area contributed by atoms with E-state index in [2.05, 4.69) is 45.9 Å². The van der Waals surface area contributed by atoms with Gasteiger partial charge < -0.3 is 5.32 Å². The molecule has 0 bridgehead atoms. The molecule has 0 fully saturated rings. The molecular weight excluding hydrogens is 388 g/mol. The molecule has 1 aromatic carbocycles. The van der Waals surface area contributed by atoms with Crippen LogP contribution in [0.5, 0.6) is 0 Å². The van der Waals surface area contributed by atoms with Gasteiger partial charge in [-0.3, -0.25) is 14.3 Å². The molecule has 0 aliphatic rings. The summed E-state index contributed by atoms with van der Waals surface area (Å²) in [5, 5.41) is 8.29. The van der Waals surface area contributed by atoms with Crippen molar-refractivity contribution in [1.29, 1.82) is 0 Å². The van der Waals surface area contributed by atoms with E-state index in [0.717, 1.165) is 23.9 Å². The lowest BCUT2D eigenvalue weighted by molar-refractivity contribution is 0.0935. The quantitative estimate of drug-likeness (QED) is 0.525. The van der Waals surface area contributed by atoms with Gasteiger partial charge in [0.25, 0.3) is 5.91 Å².